The van der Waals surface area contributed by atoms with Gasteiger partial charge in [-0.2, -0.15) is 0 Å². The summed E-state index contributed by atoms with van der Waals surface area (Å²) in [7, 11) is 3.03. The second-order valence-electron chi connectivity index (χ2n) is 4.93. The molecule has 0 atom stereocenters. The first-order valence-electron chi connectivity index (χ1n) is 6.63. The number of pyridine rings is 1. The number of aromatic nitrogens is 1. The van der Waals surface area contributed by atoms with Crippen molar-refractivity contribution in [3.8, 4) is 11.5 Å². The van der Waals surface area contributed by atoms with Crippen LogP contribution in [0.2, 0.25) is 5.15 Å². The topological polar surface area (TPSA) is 61.6 Å². The number of nitrogens with zero attached hydrogens (tertiary/aromatic N) is 1. The van der Waals surface area contributed by atoms with E-state index >= 15 is 0 Å². The number of rotatable bonds is 2. The van der Waals surface area contributed by atoms with Crippen molar-refractivity contribution < 1.29 is 13.9 Å². The molecule has 0 spiro atoms. The Morgan fingerprint density at radius 1 is 1.14 bits per heavy atom. The number of benzene rings is 1. The van der Waals surface area contributed by atoms with E-state index in [9.17, 15) is 4.79 Å². The molecule has 2 aromatic heterocycles. The van der Waals surface area contributed by atoms with Gasteiger partial charge in [0.05, 0.1) is 14.2 Å². The van der Waals surface area contributed by atoms with Gasteiger partial charge < -0.3 is 13.9 Å². The molecule has 0 saturated carbocycles. The minimum absolute atomic E-state index is 0.142. The number of hydrogen-bond acceptors (Lipinski definition) is 5. The molecule has 0 radical (unpaired) electrons. The van der Waals surface area contributed by atoms with E-state index in [1.165, 1.54) is 14.2 Å². The Balaban J connectivity index is 2.66. The van der Waals surface area contributed by atoms with Crippen molar-refractivity contribution >= 4 is 33.3 Å². The van der Waals surface area contributed by atoms with Crippen LogP contribution in [0.5, 0.6) is 11.5 Å². The Hall–Kier alpha value is -2.27. The summed E-state index contributed by atoms with van der Waals surface area (Å²) in [4.78, 5) is 16.6. The zero-order valence-electron chi connectivity index (χ0n) is 12.6. The predicted molar refractivity (Wildman–Crippen MR) is 85.4 cm³/mol. The van der Waals surface area contributed by atoms with Gasteiger partial charge in [0.25, 0.3) is 0 Å². The smallest absolute Gasteiger partial charge is 0.347 e. The van der Waals surface area contributed by atoms with Crippen LogP contribution in [0.4, 0.5) is 0 Å². The van der Waals surface area contributed by atoms with Crippen LogP contribution < -0.4 is 15.1 Å². The summed E-state index contributed by atoms with van der Waals surface area (Å²) >= 11 is 6.15. The lowest BCUT2D eigenvalue weighted by Crippen LogP contribution is -2.05. The molecule has 0 unspecified atom stereocenters. The largest absolute Gasteiger partial charge is 0.493 e. The highest BCUT2D eigenvalue weighted by Gasteiger charge is 2.20. The Bertz CT molecular complexity index is 962. The number of methoxy groups -OCH3 is 2. The van der Waals surface area contributed by atoms with Gasteiger partial charge in [0.2, 0.25) is 5.75 Å². The maximum atomic E-state index is 12.4. The highest BCUT2D eigenvalue weighted by atomic mass is 35.5. The molecule has 6 heteroatoms. The summed E-state index contributed by atoms with van der Waals surface area (Å²) in [6.45, 7) is 3.75. The van der Waals surface area contributed by atoms with Crippen LogP contribution in [-0.2, 0) is 0 Å². The van der Waals surface area contributed by atoms with E-state index in [2.05, 4.69) is 4.98 Å². The zero-order valence-corrected chi connectivity index (χ0v) is 13.4. The van der Waals surface area contributed by atoms with Crippen molar-refractivity contribution in [1.82, 2.24) is 4.98 Å². The minimum Gasteiger partial charge on any atom is -0.493 e. The molecule has 1 aromatic carbocycles. The monoisotopic (exact) mass is 319 g/mol. The number of aryl methyl sites for hydroxylation is 2. The fraction of sp³-hybridized carbons (Fsp3) is 0.250. The van der Waals surface area contributed by atoms with E-state index in [-0.39, 0.29) is 10.5 Å². The van der Waals surface area contributed by atoms with Crippen molar-refractivity contribution in [2.75, 3.05) is 14.2 Å². The molecule has 0 aliphatic carbocycles. The fourth-order valence-electron chi connectivity index (χ4n) is 2.62. The lowest BCUT2D eigenvalue weighted by Gasteiger charge is -2.13. The van der Waals surface area contributed by atoms with Crippen molar-refractivity contribution in [3.05, 3.63) is 39.0 Å². The van der Waals surface area contributed by atoms with Gasteiger partial charge in [0, 0.05) is 16.5 Å². The molecule has 2 heterocycles. The SMILES string of the molecule is COc1ccc2c(oc(=O)c3c(Cl)nc(C)c(C)c32)c1OC. The molecule has 0 amide bonds. The van der Waals surface area contributed by atoms with E-state index in [4.69, 9.17) is 25.5 Å². The quantitative estimate of drug-likeness (QED) is 0.410. The van der Waals surface area contributed by atoms with Crippen molar-refractivity contribution in [1.29, 1.82) is 0 Å². The molecule has 0 fully saturated rings. The predicted octanol–water partition coefficient (Wildman–Crippen LogP) is 3.63. The fourth-order valence-corrected chi connectivity index (χ4v) is 2.92. The second-order valence-corrected chi connectivity index (χ2v) is 5.29. The molecule has 0 N–H and O–H groups in total. The third-order valence-electron chi connectivity index (χ3n) is 3.81. The molecule has 0 aliphatic heterocycles. The summed E-state index contributed by atoms with van der Waals surface area (Å²) in [5.41, 5.74) is 1.43. The molecule has 3 rings (SSSR count). The van der Waals surface area contributed by atoms with Crippen LogP contribution in [0.1, 0.15) is 11.3 Å². The maximum Gasteiger partial charge on any atom is 0.347 e. The molecular weight excluding hydrogens is 306 g/mol. The molecule has 114 valence electrons. The van der Waals surface area contributed by atoms with E-state index in [1.807, 2.05) is 19.9 Å². The number of ether oxygens (including phenoxy) is 2. The van der Waals surface area contributed by atoms with Gasteiger partial charge in [0.15, 0.2) is 11.3 Å². The van der Waals surface area contributed by atoms with Gasteiger partial charge in [-0.1, -0.05) is 11.6 Å². The highest BCUT2D eigenvalue weighted by molar-refractivity contribution is 6.35. The third kappa shape index (κ3) is 1.93. The molecule has 5 nitrogen and oxygen atoms in total. The van der Waals surface area contributed by atoms with Crippen molar-refractivity contribution in [2.45, 2.75) is 13.8 Å². The Kier molecular flexibility index (Phi) is 3.45. The van der Waals surface area contributed by atoms with Crippen molar-refractivity contribution in [3.63, 3.8) is 0 Å². The first-order chi connectivity index (χ1) is 10.5. The normalized spacial score (nSPS) is 11.1. The van der Waals surface area contributed by atoms with E-state index in [0.717, 1.165) is 22.0 Å². The Labute approximate surface area is 131 Å². The summed E-state index contributed by atoms with van der Waals surface area (Å²) in [5, 5.41) is 1.88. The van der Waals surface area contributed by atoms with Crippen LogP contribution in [0, 0.1) is 13.8 Å². The number of hydrogen-bond donors (Lipinski definition) is 0. The highest BCUT2D eigenvalue weighted by Crippen LogP contribution is 2.39. The molecular formula is C16H14ClNO4. The maximum absolute atomic E-state index is 12.4. The van der Waals surface area contributed by atoms with Gasteiger partial charge in [0.1, 0.15) is 10.5 Å². The average molecular weight is 320 g/mol. The van der Waals surface area contributed by atoms with Crippen LogP contribution in [0.3, 0.4) is 0 Å². The third-order valence-corrected chi connectivity index (χ3v) is 4.08. The first kappa shape index (κ1) is 14.7. The average Bonchev–Trinajstić information content (AvgIpc) is 2.50. The lowest BCUT2D eigenvalue weighted by molar-refractivity contribution is 0.352. The van der Waals surface area contributed by atoms with Gasteiger partial charge in [-0.3, -0.25) is 0 Å². The molecule has 0 bridgehead atoms. The standard InChI is InChI=1S/C16H14ClNO4/c1-7-8(2)18-15(17)12-11(7)9-5-6-10(20-3)14(21-4)13(9)22-16(12)19/h5-6H,1-4H3. The summed E-state index contributed by atoms with van der Waals surface area (Å²) in [6.07, 6.45) is 0. The second kappa shape index (κ2) is 5.18. The number of fused-ring (bicyclic) bond motifs is 3. The van der Waals surface area contributed by atoms with Crippen LogP contribution >= 0.6 is 11.6 Å². The molecule has 0 saturated heterocycles. The van der Waals surface area contributed by atoms with Crippen LogP contribution in [0.15, 0.2) is 21.3 Å². The van der Waals surface area contributed by atoms with E-state index in [1.54, 1.807) is 6.07 Å². The van der Waals surface area contributed by atoms with Gasteiger partial charge in [-0.25, -0.2) is 9.78 Å². The zero-order chi connectivity index (χ0) is 16.0. The Morgan fingerprint density at radius 2 is 1.86 bits per heavy atom. The summed E-state index contributed by atoms with van der Waals surface area (Å²) < 4.78 is 16.0. The molecule has 3 aromatic rings. The van der Waals surface area contributed by atoms with Crippen molar-refractivity contribution in [2.24, 2.45) is 0 Å². The van der Waals surface area contributed by atoms with Crippen LogP contribution in [-0.4, -0.2) is 19.2 Å². The molecule has 22 heavy (non-hydrogen) atoms. The van der Waals surface area contributed by atoms with E-state index in [0.29, 0.717) is 17.1 Å². The minimum atomic E-state index is -0.547. The van der Waals surface area contributed by atoms with Gasteiger partial charge in [-0.05, 0) is 31.5 Å². The van der Waals surface area contributed by atoms with Gasteiger partial charge in [-0.15, -0.1) is 0 Å². The van der Waals surface area contributed by atoms with Crippen LogP contribution in [0.25, 0.3) is 21.7 Å². The molecule has 0 aliphatic rings. The first-order valence-corrected chi connectivity index (χ1v) is 7.01. The summed E-state index contributed by atoms with van der Waals surface area (Å²) in [6, 6.07) is 3.59. The van der Waals surface area contributed by atoms with E-state index < -0.39 is 5.63 Å². The summed E-state index contributed by atoms with van der Waals surface area (Å²) in [5.74, 6) is 0.871. The Morgan fingerprint density at radius 3 is 2.50 bits per heavy atom. The van der Waals surface area contributed by atoms with Gasteiger partial charge >= 0.3 is 5.63 Å². The lowest BCUT2D eigenvalue weighted by atomic mass is 10.0. The number of halogens is 1.